The number of rotatable bonds is 5. The van der Waals surface area contributed by atoms with E-state index in [0.717, 1.165) is 36.5 Å². The third kappa shape index (κ3) is 4.03. The van der Waals surface area contributed by atoms with E-state index < -0.39 is 0 Å². The SMILES string of the molecule is COc1ccc2c(CN3CCC[C@@H](c4ccc(-c5cncnc5)cn4)C3)cn(C)c2c1. The molecule has 1 aromatic carbocycles. The van der Waals surface area contributed by atoms with Gasteiger partial charge in [0, 0.05) is 79.1 Å². The lowest BCUT2D eigenvalue weighted by atomic mass is 9.93. The van der Waals surface area contributed by atoms with E-state index in [0.29, 0.717) is 5.92 Å². The number of aryl methyl sites for hydroxylation is 1. The summed E-state index contributed by atoms with van der Waals surface area (Å²) < 4.78 is 7.60. The lowest BCUT2D eigenvalue weighted by Crippen LogP contribution is -2.34. The zero-order chi connectivity index (χ0) is 21.2. The average molecular weight is 414 g/mol. The van der Waals surface area contributed by atoms with Crippen LogP contribution in [0.5, 0.6) is 5.75 Å². The minimum atomic E-state index is 0.463. The standard InChI is InChI=1S/C25H27N5O/c1-29-14-21(23-7-6-22(31-2)10-25(23)29)16-30-9-3-4-19(15-30)24-8-5-18(13-28-24)20-11-26-17-27-12-20/h5-8,10-14,17,19H,3-4,9,15-16H2,1-2H3/t19-/m1/s1. The average Bonchev–Trinajstić information content (AvgIpc) is 3.14. The first kappa shape index (κ1) is 19.7. The Bertz CT molecular complexity index is 1170. The van der Waals surface area contributed by atoms with Crippen molar-refractivity contribution >= 4 is 10.9 Å². The Kier molecular flexibility index (Phi) is 5.38. The molecule has 6 heteroatoms. The van der Waals surface area contributed by atoms with Crippen LogP contribution < -0.4 is 4.74 Å². The molecule has 0 saturated carbocycles. The minimum absolute atomic E-state index is 0.463. The third-order valence-corrected chi connectivity index (χ3v) is 6.28. The number of fused-ring (bicyclic) bond motifs is 1. The van der Waals surface area contributed by atoms with Gasteiger partial charge in [0.05, 0.1) is 12.6 Å². The van der Waals surface area contributed by atoms with Gasteiger partial charge in [-0.25, -0.2) is 9.97 Å². The summed E-state index contributed by atoms with van der Waals surface area (Å²) in [6.45, 7) is 3.12. The number of piperidine rings is 1. The molecular weight excluding hydrogens is 386 g/mol. The van der Waals surface area contributed by atoms with Crippen LogP contribution in [0.3, 0.4) is 0 Å². The molecule has 1 atom stereocenters. The van der Waals surface area contributed by atoms with Crippen LogP contribution in [-0.2, 0) is 13.6 Å². The molecule has 4 aromatic rings. The second kappa shape index (κ2) is 8.47. The van der Waals surface area contributed by atoms with Crippen molar-refractivity contribution in [1.29, 1.82) is 0 Å². The van der Waals surface area contributed by atoms with E-state index in [9.17, 15) is 0 Å². The summed E-state index contributed by atoms with van der Waals surface area (Å²) in [5, 5.41) is 1.30. The van der Waals surface area contributed by atoms with Gasteiger partial charge in [0.1, 0.15) is 12.1 Å². The molecule has 1 fully saturated rings. The maximum absolute atomic E-state index is 5.40. The van der Waals surface area contributed by atoms with Crippen molar-refractivity contribution in [2.45, 2.75) is 25.3 Å². The molecule has 158 valence electrons. The highest BCUT2D eigenvalue weighted by atomic mass is 16.5. The Morgan fingerprint density at radius 2 is 1.94 bits per heavy atom. The Hall–Kier alpha value is -3.25. The second-order valence-corrected chi connectivity index (χ2v) is 8.32. The summed E-state index contributed by atoms with van der Waals surface area (Å²) in [6.07, 6.45) is 11.8. The number of ether oxygens (including phenoxy) is 1. The topological polar surface area (TPSA) is 56.1 Å². The number of pyridine rings is 1. The van der Waals surface area contributed by atoms with Gasteiger partial charge in [-0.3, -0.25) is 9.88 Å². The number of benzene rings is 1. The van der Waals surface area contributed by atoms with Crippen LogP contribution in [0.4, 0.5) is 0 Å². The molecule has 6 nitrogen and oxygen atoms in total. The monoisotopic (exact) mass is 413 g/mol. The molecule has 0 spiro atoms. The number of likely N-dealkylation sites (tertiary alicyclic amines) is 1. The van der Waals surface area contributed by atoms with Gasteiger partial charge in [-0.05, 0) is 43.1 Å². The normalized spacial score (nSPS) is 17.2. The predicted molar refractivity (Wildman–Crippen MR) is 122 cm³/mol. The summed E-state index contributed by atoms with van der Waals surface area (Å²) in [4.78, 5) is 15.6. The molecular formula is C25H27N5O. The van der Waals surface area contributed by atoms with Crippen molar-refractivity contribution < 1.29 is 4.74 Å². The first-order valence-corrected chi connectivity index (χ1v) is 10.8. The predicted octanol–water partition coefficient (Wildman–Crippen LogP) is 4.42. The quantitative estimate of drug-likeness (QED) is 0.485. The van der Waals surface area contributed by atoms with E-state index in [1.54, 1.807) is 13.4 Å². The van der Waals surface area contributed by atoms with Gasteiger partial charge in [-0.2, -0.15) is 0 Å². The van der Waals surface area contributed by atoms with E-state index >= 15 is 0 Å². The molecule has 0 aliphatic carbocycles. The van der Waals surface area contributed by atoms with Crippen LogP contribution in [-0.4, -0.2) is 44.6 Å². The van der Waals surface area contributed by atoms with Crippen molar-refractivity contribution in [3.63, 3.8) is 0 Å². The van der Waals surface area contributed by atoms with Crippen molar-refractivity contribution in [3.8, 4) is 16.9 Å². The zero-order valence-corrected chi connectivity index (χ0v) is 18.0. The Labute approximate surface area is 182 Å². The fourth-order valence-electron chi connectivity index (χ4n) is 4.65. The largest absolute Gasteiger partial charge is 0.497 e. The molecule has 1 aliphatic rings. The van der Waals surface area contributed by atoms with Crippen molar-refractivity contribution in [2.75, 3.05) is 20.2 Å². The molecule has 1 aliphatic heterocycles. The fraction of sp³-hybridized carbons (Fsp3) is 0.320. The molecule has 0 amide bonds. The number of aromatic nitrogens is 4. The van der Waals surface area contributed by atoms with Crippen LogP contribution in [0.1, 0.15) is 30.0 Å². The van der Waals surface area contributed by atoms with Gasteiger partial charge >= 0.3 is 0 Å². The molecule has 4 heterocycles. The van der Waals surface area contributed by atoms with E-state index in [1.807, 2.05) is 24.7 Å². The van der Waals surface area contributed by atoms with Crippen molar-refractivity contribution in [1.82, 2.24) is 24.4 Å². The number of hydrogen-bond donors (Lipinski definition) is 0. The van der Waals surface area contributed by atoms with Gasteiger partial charge < -0.3 is 9.30 Å². The van der Waals surface area contributed by atoms with Crippen molar-refractivity contribution in [3.05, 3.63) is 72.7 Å². The zero-order valence-electron chi connectivity index (χ0n) is 18.0. The molecule has 0 N–H and O–H groups in total. The highest BCUT2D eigenvalue weighted by Crippen LogP contribution is 2.30. The van der Waals surface area contributed by atoms with E-state index in [1.165, 1.54) is 35.0 Å². The first-order valence-electron chi connectivity index (χ1n) is 10.8. The van der Waals surface area contributed by atoms with E-state index in [2.05, 4.69) is 56.9 Å². The molecule has 0 unspecified atom stereocenters. The van der Waals surface area contributed by atoms with Crippen molar-refractivity contribution in [2.24, 2.45) is 7.05 Å². The Morgan fingerprint density at radius 3 is 2.71 bits per heavy atom. The van der Waals surface area contributed by atoms with Gasteiger partial charge in [0.2, 0.25) is 0 Å². The van der Waals surface area contributed by atoms with Gasteiger partial charge in [0.25, 0.3) is 0 Å². The van der Waals surface area contributed by atoms with Gasteiger partial charge in [-0.1, -0.05) is 6.07 Å². The van der Waals surface area contributed by atoms with E-state index in [4.69, 9.17) is 9.72 Å². The number of hydrogen-bond acceptors (Lipinski definition) is 5. The van der Waals surface area contributed by atoms with E-state index in [-0.39, 0.29) is 0 Å². The second-order valence-electron chi connectivity index (χ2n) is 8.32. The lowest BCUT2D eigenvalue weighted by Gasteiger charge is -2.32. The summed E-state index contributed by atoms with van der Waals surface area (Å²) in [7, 11) is 3.82. The van der Waals surface area contributed by atoms with Crippen LogP contribution in [0.15, 0.2) is 61.4 Å². The van der Waals surface area contributed by atoms with Crippen LogP contribution >= 0.6 is 0 Å². The smallest absolute Gasteiger partial charge is 0.120 e. The summed E-state index contributed by atoms with van der Waals surface area (Å²) >= 11 is 0. The summed E-state index contributed by atoms with van der Waals surface area (Å²) in [6, 6.07) is 10.6. The highest BCUT2D eigenvalue weighted by molar-refractivity contribution is 5.85. The van der Waals surface area contributed by atoms with Crippen LogP contribution in [0, 0.1) is 0 Å². The molecule has 31 heavy (non-hydrogen) atoms. The third-order valence-electron chi connectivity index (χ3n) is 6.28. The molecule has 0 bridgehead atoms. The maximum atomic E-state index is 5.40. The number of nitrogens with zero attached hydrogens (tertiary/aromatic N) is 5. The Morgan fingerprint density at radius 1 is 1.06 bits per heavy atom. The van der Waals surface area contributed by atoms with Gasteiger partial charge in [0.15, 0.2) is 0 Å². The first-order chi connectivity index (χ1) is 15.2. The highest BCUT2D eigenvalue weighted by Gasteiger charge is 2.23. The fourth-order valence-corrected chi connectivity index (χ4v) is 4.65. The lowest BCUT2D eigenvalue weighted by molar-refractivity contribution is 0.199. The minimum Gasteiger partial charge on any atom is -0.497 e. The van der Waals surface area contributed by atoms with Gasteiger partial charge in [-0.15, -0.1) is 0 Å². The van der Waals surface area contributed by atoms with Crippen LogP contribution in [0.25, 0.3) is 22.0 Å². The van der Waals surface area contributed by atoms with Crippen LogP contribution in [0.2, 0.25) is 0 Å². The molecule has 5 rings (SSSR count). The maximum Gasteiger partial charge on any atom is 0.120 e. The summed E-state index contributed by atoms with van der Waals surface area (Å²) in [5.74, 6) is 1.36. The number of methoxy groups -OCH3 is 1. The Balaban J connectivity index is 1.31. The molecule has 0 radical (unpaired) electrons. The molecule has 3 aromatic heterocycles. The summed E-state index contributed by atoms with van der Waals surface area (Å²) in [5.41, 5.74) is 5.81. The molecule has 1 saturated heterocycles.